The van der Waals surface area contributed by atoms with E-state index in [1.165, 1.54) is 4.31 Å². The minimum Gasteiger partial charge on any atom is -0.340 e. The van der Waals surface area contributed by atoms with Gasteiger partial charge in [-0.15, -0.1) is 12.4 Å². The number of nitrogens with zero attached hydrogens (tertiary/aromatic N) is 4. The van der Waals surface area contributed by atoms with Crippen molar-refractivity contribution in [3.63, 3.8) is 0 Å². The molecule has 136 valence electrons. The first-order valence-electron chi connectivity index (χ1n) is 7.78. The zero-order valence-electron chi connectivity index (χ0n) is 13.8. The van der Waals surface area contributed by atoms with Gasteiger partial charge in [0.15, 0.2) is 0 Å². The molecule has 0 bridgehead atoms. The number of hydrogen-bond acceptors (Lipinski definition) is 5. The van der Waals surface area contributed by atoms with Crippen molar-refractivity contribution in [2.75, 3.05) is 59.4 Å². The van der Waals surface area contributed by atoms with Crippen molar-refractivity contribution >= 4 is 28.5 Å². The molecule has 8 nitrogen and oxygen atoms in total. The molecule has 2 heterocycles. The maximum Gasteiger partial charge on any atom is 0.282 e. The lowest BCUT2D eigenvalue weighted by atomic mass is 10.2. The van der Waals surface area contributed by atoms with Gasteiger partial charge < -0.3 is 15.5 Å². The van der Waals surface area contributed by atoms with Crippen LogP contribution in [-0.4, -0.2) is 98.2 Å². The van der Waals surface area contributed by atoms with Crippen LogP contribution in [0.5, 0.6) is 0 Å². The largest absolute Gasteiger partial charge is 0.340 e. The first kappa shape index (κ1) is 20.6. The Bertz CT molecular complexity index is 486. The molecule has 0 spiro atoms. The number of carbonyl (C=O) groups excluding carboxylic acids is 1. The molecule has 0 aromatic carbocycles. The van der Waals surface area contributed by atoms with Gasteiger partial charge in [0, 0.05) is 64.8 Å². The second kappa shape index (κ2) is 8.59. The molecule has 2 rings (SSSR count). The fourth-order valence-corrected chi connectivity index (χ4v) is 4.33. The zero-order valence-corrected chi connectivity index (χ0v) is 15.5. The number of likely N-dealkylation sites (N-methyl/N-ethyl adjacent to an activating group) is 1. The lowest BCUT2D eigenvalue weighted by molar-refractivity contribution is -0.132. The number of halogens is 1. The lowest BCUT2D eigenvalue weighted by Gasteiger charge is -2.39. The van der Waals surface area contributed by atoms with Gasteiger partial charge >= 0.3 is 0 Å². The first-order chi connectivity index (χ1) is 10.3. The van der Waals surface area contributed by atoms with Crippen LogP contribution in [-0.2, 0) is 15.0 Å². The van der Waals surface area contributed by atoms with Gasteiger partial charge in [0.05, 0.1) is 0 Å². The molecule has 1 amide bonds. The second-order valence-corrected chi connectivity index (χ2v) is 8.10. The molecule has 23 heavy (non-hydrogen) atoms. The van der Waals surface area contributed by atoms with Crippen LogP contribution in [0.4, 0.5) is 0 Å². The van der Waals surface area contributed by atoms with Crippen molar-refractivity contribution < 1.29 is 13.2 Å². The van der Waals surface area contributed by atoms with Gasteiger partial charge in [-0.25, -0.2) is 0 Å². The van der Waals surface area contributed by atoms with Gasteiger partial charge in [0.2, 0.25) is 5.91 Å². The third-order valence-corrected chi connectivity index (χ3v) is 6.24. The predicted octanol–water partition coefficient (Wildman–Crippen LogP) is -1.22. The lowest BCUT2D eigenvalue weighted by Crippen LogP contribution is -2.57. The van der Waals surface area contributed by atoms with Crippen molar-refractivity contribution in [1.82, 2.24) is 18.4 Å². The monoisotopic (exact) mass is 369 g/mol. The number of amides is 1. The Hall–Kier alpha value is -0.450. The molecule has 2 aliphatic rings. The number of nitrogens with two attached hydrogens (primary N) is 1. The number of carbonyl (C=O) groups is 1. The normalized spacial score (nSPS) is 23.3. The van der Waals surface area contributed by atoms with Gasteiger partial charge in [-0.1, -0.05) is 0 Å². The maximum atomic E-state index is 12.6. The predicted molar refractivity (Wildman–Crippen MR) is 91.7 cm³/mol. The summed E-state index contributed by atoms with van der Waals surface area (Å²) in [5, 5.41) is 0. The Balaban J connectivity index is 0.00000264. The first-order valence-corrected chi connectivity index (χ1v) is 9.17. The van der Waals surface area contributed by atoms with Crippen LogP contribution in [0.15, 0.2) is 0 Å². The van der Waals surface area contributed by atoms with Crippen molar-refractivity contribution in [1.29, 1.82) is 0 Å². The summed E-state index contributed by atoms with van der Waals surface area (Å²) < 4.78 is 28.3. The van der Waals surface area contributed by atoms with Crippen LogP contribution in [0.25, 0.3) is 0 Å². The van der Waals surface area contributed by atoms with E-state index in [1.54, 1.807) is 16.1 Å². The standard InChI is InChI=1S/C13H27N5O3S.ClH/c1-12(14)11-13(19)16-5-9-18(10-6-16)22(20,21)17-7-3-15(2)4-8-17;/h12H,3-11,14H2,1-2H3;1H. The zero-order chi connectivity index (χ0) is 16.3. The fourth-order valence-electron chi connectivity index (χ4n) is 2.75. The van der Waals surface area contributed by atoms with E-state index in [0.29, 0.717) is 45.7 Å². The third-order valence-electron chi connectivity index (χ3n) is 4.20. The Morgan fingerprint density at radius 1 is 1.00 bits per heavy atom. The summed E-state index contributed by atoms with van der Waals surface area (Å²) in [6, 6.07) is -0.167. The molecule has 0 radical (unpaired) electrons. The minimum absolute atomic E-state index is 0. The van der Waals surface area contributed by atoms with E-state index in [9.17, 15) is 13.2 Å². The van der Waals surface area contributed by atoms with Gasteiger partial charge in [0.25, 0.3) is 10.2 Å². The molecule has 2 aliphatic heterocycles. The Morgan fingerprint density at radius 3 is 1.87 bits per heavy atom. The highest BCUT2D eigenvalue weighted by atomic mass is 35.5. The number of rotatable bonds is 4. The van der Waals surface area contributed by atoms with Crippen LogP contribution in [0.2, 0.25) is 0 Å². The highest BCUT2D eigenvalue weighted by Crippen LogP contribution is 2.15. The van der Waals surface area contributed by atoms with E-state index >= 15 is 0 Å². The highest BCUT2D eigenvalue weighted by Gasteiger charge is 2.34. The Kier molecular flexibility index (Phi) is 7.69. The quantitative estimate of drug-likeness (QED) is 0.671. The fraction of sp³-hybridized carbons (Fsp3) is 0.923. The van der Waals surface area contributed by atoms with Gasteiger partial charge in [-0.3, -0.25) is 4.79 Å². The topological polar surface area (TPSA) is 90.2 Å². The van der Waals surface area contributed by atoms with Gasteiger partial charge in [-0.2, -0.15) is 17.0 Å². The highest BCUT2D eigenvalue weighted by molar-refractivity contribution is 7.86. The van der Waals surface area contributed by atoms with Crippen LogP contribution >= 0.6 is 12.4 Å². The SMILES string of the molecule is CC(N)CC(=O)N1CCN(S(=O)(=O)N2CCN(C)CC2)CC1.Cl. The van der Waals surface area contributed by atoms with E-state index in [2.05, 4.69) is 4.90 Å². The summed E-state index contributed by atoms with van der Waals surface area (Å²) in [6.45, 7) is 5.98. The summed E-state index contributed by atoms with van der Waals surface area (Å²) in [5.74, 6) is 0.00615. The van der Waals surface area contributed by atoms with Crippen molar-refractivity contribution in [2.45, 2.75) is 19.4 Å². The molecule has 0 aromatic heterocycles. The van der Waals surface area contributed by atoms with Crippen LogP contribution in [0, 0.1) is 0 Å². The average molecular weight is 370 g/mol. The Labute approximate surface area is 145 Å². The molecule has 2 fully saturated rings. The summed E-state index contributed by atoms with van der Waals surface area (Å²) in [4.78, 5) is 15.8. The molecule has 2 saturated heterocycles. The molecule has 10 heteroatoms. The van der Waals surface area contributed by atoms with Gasteiger partial charge in [-0.05, 0) is 14.0 Å². The second-order valence-electron chi connectivity index (χ2n) is 6.17. The number of hydrogen-bond donors (Lipinski definition) is 1. The maximum absolute atomic E-state index is 12.6. The molecule has 0 saturated carbocycles. The van der Waals surface area contributed by atoms with Crippen LogP contribution in [0.3, 0.4) is 0 Å². The third kappa shape index (κ3) is 5.27. The Morgan fingerprint density at radius 2 is 1.43 bits per heavy atom. The summed E-state index contributed by atoms with van der Waals surface area (Å²) in [5.41, 5.74) is 5.64. The van der Waals surface area contributed by atoms with Crippen LogP contribution in [0.1, 0.15) is 13.3 Å². The van der Waals surface area contributed by atoms with Crippen LogP contribution < -0.4 is 5.73 Å². The van der Waals surface area contributed by atoms with Crippen molar-refractivity contribution in [2.24, 2.45) is 5.73 Å². The van der Waals surface area contributed by atoms with E-state index in [4.69, 9.17) is 5.73 Å². The molecular weight excluding hydrogens is 342 g/mol. The van der Waals surface area contributed by atoms with Crippen molar-refractivity contribution in [3.05, 3.63) is 0 Å². The van der Waals surface area contributed by atoms with E-state index in [-0.39, 0.29) is 24.4 Å². The summed E-state index contributed by atoms with van der Waals surface area (Å²) in [7, 11) is -1.41. The summed E-state index contributed by atoms with van der Waals surface area (Å²) in [6.07, 6.45) is 0.311. The molecule has 0 aromatic rings. The smallest absolute Gasteiger partial charge is 0.282 e. The van der Waals surface area contributed by atoms with E-state index in [1.807, 2.05) is 7.05 Å². The molecule has 1 atom stereocenters. The molecule has 2 N–H and O–H groups in total. The molecule has 1 unspecified atom stereocenters. The summed E-state index contributed by atoms with van der Waals surface area (Å²) >= 11 is 0. The van der Waals surface area contributed by atoms with Crippen molar-refractivity contribution in [3.8, 4) is 0 Å². The van der Waals surface area contributed by atoms with Gasteiger partial charge in [0.1, 0.15) is 0 Å². The van der Waals surface area contributed by atoms with E-state index < -0.39 is 10.2 Å². The number of piperazine rings is 2. The molecule has 0 aliphatic carbocycles. The average Bonchev–Trinajstić information content (AvgIpc) is 2.47. The van der Waals surface area contributed by atoms with E-state index in [0.717, 1.165) is 13.1 Å². The molecular formula is C13H28ClN5O3S. The minimum atomic E-state index is -3.40.